The monoisotopic (exact) mass is 365 g/mol. The van der Waals surface area contributed by atoms with Crippen LogP contribution >= 0.6 is 11.8 Å². The molecule has 1 aliphatic heterocycles. The number of rotatable bonds is 8. The first kappa shape index (κ1) is 19.6. The molecule has 25 heavy (non-hydrogen) atoms. The summed E-state index contributed by atoms with van der Waals surface area (Å²) < 4.78 is 5.81. The van der Waals surface area contributed by atoms with Crippen LogP contribution in [0.15, 0.2) is 18.2 Å². The molecule has 1 heterocycles. The number of carboxylic acids is 1. The number of thioether (sulfide) groups is 1. The lowest BCUT2D eigenvalue weighted by Gasteiger charge is -2.34. The second kappa shape index (κ2) is 9.70. The molecule has 1 aliphatic rings. The summed E-state index contributed by atoms with van der Waals surface area (Å²) in [6, 6.07) is 5.97. The van der Waals surface area contributed by atoms with Crippen LogP contribution in [-0.4, -0.2) is 52.6 Å². The van der Waals surface area contributed by atoms with Gasteiger partial charge in [-0.15, -0.1) is 0 Å². The Morgan fingerprint density at radius 2 is 2.12 bits per heavy atom. The highest BCUT2D eigenvalue weighted by Crippen LogP contribution is 2.21. The van der Waals surface area contributed by atoms with E-state index < -0.39 is 5.97 Å². The smallest absolute Gasteiger partial charge is 0.305 e. The van der Waals surface area contributed by atoms with E-state index in [2.05, 4.69) is 6.07 Å². The predicted octanol–water partition coefficient (Wildman–Crippen LogP) is 3.27. The van der Waals surface area contributed by atoms with Crippen molar-refractivity contribution in [3.63, 3.8) is 0 Å². The maximum atomic E-state index is 12.4. The summed E-state index contributed by atoms with van der Waals surface area (Å²) in [7, 11) is 0. The number of aliphatic carboxylic acids is 1. The Balaban J connectivity index is 1.72. The number of nitrogens with zero attached hydrogens (tertiary/aromatic N) is 1. The number of aryl methyl sites for hydroxylation is 2. The zero-order chi connectivity index (χ0) is 18.2. The van der Waals surface area contributed by atoms with Crippen molar-refractivity contribution < 1.29 is 19.4 Å². The Labute approximate surface area is 153 Å². The number of carbonyl (C=O) groups excluding carboxylic acids is 1. The van der Waals surface area contributed by atoms with Crippen LogP contribution in [0.25, 0.3) is 0 Å². The Hall–Kier alpha value is -1.69. The fourth-order valence-corrected chi connectivity index (χ4v) is 3.98. The van der Waals surface area contributed by atoms with Crippen LogP contribution in [0, 0.1) is 13.8 Å². The molecule has 1 N–H and O–H groups in total. The SMILES string of the molecule is Cc1ccc(C)c(OCCCCC(=O)N2CCSCC2CC(=O)O)c1. The van der Waals surface area contributed by atoms with Crippen molar-refractivity contribution in [2.75, 3.05) is 24.7 Å². The van der Waals surface area contributed by atoms with Crippen molar-refractivity contribution in [2.24, 2.45) is 0 Å². The fraction of sp³-hybridized carbons (Fsp3) is 0.579. The second-order valence-corrected chi connectivity index (χ2v) is 7.64. The molecule has 0 spiro atoms. The zero-order valence-electron chi connectivity index (χ0n) is 15.0. The number of amides is 1. The number of hydrogen-bond donors (Lipinski definition) is 1. The maximum absolute atomic E-state index is 12.4. The molecule has 1 saturated heterocycles. The number of ether oxygens (including phenoxy) is 1. The molecule has 5 nitrogen and oxygen atoms in total. The molecule has 1 fully saturated rings. The van der Waals surface area contributed by atoms with Gasteiger partial charge in [-0.2, -0.15) is 11.8 Å². The van der Waals surface area contributed by atoms with E-state index >= 15 is 0 Å². The Morgan fingerprint density at radius 3 is 2.88 bits per heavy atom. The van der Waals surface area contributed by atoms with Crippen LogP contribution in [0.1, 0.15) is 36.8 Å². The zero-order valence-corrected chi connectivity index (χ0v) is 15.8. The quantitative estimate of drug-likeness (QED) is 0.716. The molecule has 0 saturated carbocycles. The number of unbranched alkanes of at least 4 members (excludes halogenated alkanes) is 1. The lowest BCUT2D eigenvalue weighted by molar-refractivity contribution is -0.140. The minimum absolute atomic E-state index is 0.0362. The summed E-state index contributed by atoms with van der Waals surface area (Å²) in [5.41, 5.74) is 2.28. The summed E-state index contributed by atoms with van der Waals surface area (Å²) in [6.07, 6.45) is 2.06. The van der Waals surface area contributed by atoms with Gasteiger partial charge in [-0.05, 0) is 43.9 Å². The van der Waals surface area contributed by atoms with E-state index in [-0.39, 0.29) is 18.4 Å². The van der Waals surface area contributed by atoms with Crippen molar-refractivity contribution in [3.8, 4) is 5.75 Å². The minimum Gasteiger partial charge on any atom is -0.493 e. The van der Waals surface area contributed by atoms with Gasteiger partial charge >= 0.3 is 5.97 Å². The van der Waals surface area contributed by atoms with Gasteiger partial charge in [0.25, 0.3) is 0 Å². The molecule has 1 unspecified atom stereocenters. The summed E-state index contributed by atoms with van der Waals surface area (Å²) in [6.45, 7) is 5.30. The topological polar surface area (TPSA) is 66.8 Å². The van der Waals surface area contributed by atoms with Crippen LogP contribution in [0.3, 0.4) is 0 Å². The van der Waals surface area contributed by atoms with Crippen molar-refractivity contribution in [2.45, 2.75) is 45.6 Å². The summed E-state index contributed by atoms with van der Waals surface area (Å²) in [5.74, 6) is 1.73. The van der Waals surface area contributed by atoms with Gasteiger partial charge in [0.1, 0.15) is 5.75 Å². The summed E-state index contributed by atoms with van der Waals surface area (Å²) in [5, 5.41) is 9.00. The van der Waals surface area contributed by atoms with E-state index in [1.165, 1.54) is 5.56 Å². The van der Waals surface area contributed by atoms with Crippen molar-refractivity contribution in [1.29, 1.82) is 0 Å². The summed E-state index contributed by atoms with van der Waals surface area (Å²) in [4.78, 5) is 25.1. The van der Waals surface area contributed by atoms with E-state index in [0.29, 0.717) is 25.3 Å². The van der Waals surface area contributed by atoms with Gasteiger partial charge < -0.3 is 14.7 Å². The normalized spacial score (nSPS) is 17.4. The third kappa shape index (κ3) is 6.27. The average Bonchev–Trinajstić information content (AvgIpc) is 2.57. The van der Waals surface area contributed by atoms with Crippen molar-refractivity contribution >= 4 is 23.6 Å². The second-order valence-electron chi connectivity index (χ2n) is 6.49. The average molecular weight is 365 g/mol. The van der Waals surface area contributed by atoms with Gasteiger partial charge in [0.2, 0.25) is 5.91 Å². The Bertz CT molecular complexity index is 605. The molecule has 1 amide bonds. The maximum Gasteiger partial charge on any atom is 0.305 e. The minimum atomic E-state index is -0.841. The van der Waals surface area contributed by atoms with E-state index in [0.717, 1.165) is 29.9 Å². The van der Waals surface area contributed by atoms with Crippen LogP contribution in [0.2, 0.25) is 0 Å². The first-order chi connectivity index (χ1) is 12.0. The molecule has 138 valence electrons. The molecule has 0 aliphatic carbocycles. The standard InChI is InChI=1S/C19H27NO4S/c1-14-6-7-15(2)17(11-14)24-9-4-3-5-18(21)20-8-10-25-13-16(20)12-19(22)23/h6-7,11,16H,3-5,8-10,12-13H2,1-2H3,(H,22,23). The van der Waals surface area contributed by atoms with Crippen molar-refractivity contribution in [1.82, 2.24) is 4.90 Å². The molecule has 2 rings (SSSR count). The van der Waals surface area contributed by atoms with Crippen LogP contribution in [-0.2, 0) is 9.59 Å². The highest BCUT2D eigenvalue weighted by molar-refractivity contribution is 7.99. The molecule has 6 heteroatoms. The molecular formula is C19H27NO4S. The van der Waals surface area contributed by atoms with E-state index in [1.54, 1.807) is 16.7 Å². The van der Waals surface area contributed by atoms with Crippen LogP contribution in [0.4, 0.5) is 0 Å². The van der Waals surface area contributed by atoms with Gasteiger partial charge in [0.15, 0.2) is 0 Å². The Kier molecular flexibility index (Phi) is 7.62. The largest absolute Gasteiger partial charge is 0.493 e. The van der Waals surface area contributed by atoms with Crippen LogP contribution in [0.5, 0.6) is 5.75 Å². The van der Waals surface area contributed by atoms with E-state index in [1.807, 2.05) is 26.0 Å². The molecule has 1 aromatic carbocycles. The highest BCUT2D eigenvalue weighted by Gasteiger charge is 2.28. The van der Waals surface area contributed by atoms with Crippen molar-refractivity contribution in [3.05, 3.63) is 29.3 Å². The first-order valence-electron chi connectivity index (χ1n) is 8.76. The first-order valence-corrected chi connectivity index (χ1v) is 9.92. The van der Waals surface area contributed by atoms with Crippen LogP contribution < -0.4 is 4.74 Å². The molecule has 0 radical (unpaired) electrons. The Morgan fingerprint density at radius 1 is 1.32 bits per heavy atom. The molecule has 1 aromatic rings. The molecule has 0 aromatic heterocycles. The third-order valence-corrected chi connectivity index (χ3v) is 5.44. The van der Waals surface area contributed by atoms with Gasteiger partial charge in [-0.3, -0.25) is 9.59 Å². The fourth-order valence-electron chi connectivity index (χ4n) is 2.92. The number of hydrogen-bond acceptors (Lipinski definition) is 4. The van der Waals surface area contributed by atoms with Gasteiger partial charge in [-0.25, -0.2) is 0 Å². The lowest BCUT2D eigenvalue weighted by Crippen LogP contribution is -2.47. The van der Waals surface area contributed by atoms with Gasteiger partial charge in [0.05, 0.1) is 19.1 Å². The lowest BCUT2D eigenvalue weighted by atomic mass is 10.1. The van der Waals surface area contributed by atoms with E-state index in [9.17, 15) is 9.59 Å². The number of carbonyl (C=O) groups is 2. The van der Waals surface area contributed by atoms with Gasteiger partial charge in [-0.1, -0.05) is 12.1 Å². The molecular weight excluding hydrogens is 338 g/mol. The van der Waals surface area contributed by atoms with E-state index in [4.69, 9.17) is 9.84 Å². The number of benzene rings is 1. The number of carboxylic acid groups (broad SMARTS) is 1. The predicted molar refractivity (Wildman–Crippen MR) is 100 cm³/mol. The summed E-state index contributed by atoms with van der Waals surface area (Å²) >= 11 is 1.72. The molecule has 1 atom stereocenters. The third-order valence-electron chi connectivity index (χ3n) is 4.34. The molecule has 0 bridgehead atoms. The van der Waals surface area contributed by atoms with Gasteiger partial charge in [0, 0.05) is 24.5 Å². The highest BCUT2D eigenvalue weighted by atomic mass is 32.2.